The normalized spacial score (nSPS) is 12.0. The SMILES string of the molecule is CCC(C)(C)C(=O)OCCCOc1ccc(S(=O)(=O)[O-])cc1. The summed E-state index contributed by atoms with van der Waals surface area (Å²) in [5, 5.41) is 0. The van der Waals surface area contributed by atoms with E-state index in [1.165, 1.54) is 24.3 Å². The third kappa shape index (κ3) is 5.65. The summed E-state index contributed by atoms with van der Waals surface area (Å²) in [4.78, 5) is 11.4. The maximum atomic E-state index is 11.7. The van der Waals surface area contributed by atoms with Crippen LogP contribution in [0.1, 0.15) is 33.6 Å². The number of esters is 1. The Morgan fingerprint density at radius 1 is 1.18 bits per heavy atom. The summed E-state index contributed by atoms with van der Waals surface area (Å²) in [6, 6.07) is 5.22. The van der Waals surface area contributed by atoms with Crippen molar-refractivity contribution in [3.8, 4) is 5.75 Å². The second-order valence-electron chi connectivity index (χ2n) is 5.50. The minimum atomic E-state index is -4.44. The second-order valence-corrected chi connectivity index (χ2v) is 6.88. The van der Waals surface area contributed by atoms with Crippen molar-refractivity contribution >= 4 is 16.1 Å². The molecule has 6 nitrogen and oxygen atoms in total. The quantitative estimate of drug-likeness (QED) is 0.413. The van der Waals surface area contributed by atoms with E-state index in [-0.39, 0.29) is 17.5 Å². The Balaban J connectivity index is 2.32. The molecule has 0 heterocycles. The van der Waals surface area contributed by atoms with Crippen molar-refractivity contribution in [3.63, 3.8) is 0 Å². The molecule has 0 radical (unpaired) electrons. The average Bonchev–Trinajstić information content (AvgIpc) is 2.46. The molecule has 0 saturated heterocycles. The van der Waals surface area contributed by atoms with E-state index >= 15 is 0 Å². The fourth-order valence-electron chi connectivity index (χ4n) is 1.46. The van der Waals surface area contributed by atoms with E-state index in [1.807, 2.05) is 20.8 Å². The molecule has 0 amide bonds. The molecule has 0 bridgehead atoms. The third-order valence-electron chi connectivity index (χ3n) is 3.34. The van der Waals surface area contributed by atoms with Gasteiger partial charge in [0.25, 0.3) is 0 Å². The zero-order chi connectivity index (χ0) is 16.8. The highest BCUT2D eigenvalue weighted by atomic mass is 32.2. The molecule has 0 N–H and O–H groups in total. The summed E-state index contributed by atoms with van der Waals surface area (Å²) in [6.45, 7) is 6.17. The Morgan fingerprint density at radius 2 is 1.77 bits per heavy atom. The van der Waals surface area contributed by atoms with Crippen molar-refractivity contribution in [1.29, 1.82) is 0 Å². The van der Waals surface area contributed by atoms with Gasteiger partial charge in [0.2, 0.25) is 0 Å². The van der Waals surface area contributed by atoms with E-state index in [1.54, 1.807) is 0 Å². The van der Waals surface area contributed by atoms with Gasteiger partial charge >= 0.3 is 5.97 Å². The Morgan fingerprint density at radius 3 is 2.27 bits per heavy atom. The molecule has 0 aliphatic rings. The summed E-state index contributed by atoms with van der Waals surface area (Å²) in [5.41, 5.74) is -0.486. The van der Waals surface area contributed by atoms with Gasteiger partial charge in [0, 0.05) is 6.42 Å². The molecular weight excluding hydrogens is 308 g/mol. The lowest BCUT2D eigenvalue weighted by Crippen LogP contribution is -2.26. The molecule has 1 rings (SSSR count). The van der Waals surface area contributed by atoms with Crippen molar-refractivity contribution < 1.29 is 27.2 Å². The number of carbonyl (C=O) groups excluding carboxylic acids is 1. The fraction of sp³-hybridized carbons (Fsp3) is 0.533. The van der Waals surface area contributed by atoms with Gasteiger partial charge in [-0.1, -0.05) is 6.92 Å². The molecule has 1 aromatic carbocycles. The first-order valence-corrected chi connectivity index (χ1v) is 8.43. The zero-order valence-corrected chi connectivity index (χ0v) is 13.8. The van der Waals surface area contributed by atoms with Gasteiger partial charge < -0.3 is 14.0 Å². The van der Waals surface area contributed by atoms with E-state index in [4.69, 9.17) is 9.47 Å². The molecule has 0 spiro atoms. The van der Waals surface area contributed by atoms with Crippen LogP contribution in [0.25, 0.3) is 0 Å². The number of ether oxygens (including phenoxy) is 2. The summed E-state index contributed by atoms with van der Waals surface area (Å²) in [5.74, 6) is 0.215. The van der Waals surface area contributed by atoms with Gasteiger partial charge in [-0.2, -0.15) is 0 Å². The molecule has 7 heteroatoms. The predicted octanol–water partition coefficient (Wildman–Crippen LogP) is 2.34. The Hall–Kier alpha value is -1.60. The Kier molecular flexibility index (Phi) is 6.37. The lowest BCUT2D eigenvalue weighted by molar-refractivity contribution is -0.154. The van der Waals surface area contributed by atoms with E-state index in [0.717, 1.165) is 0 Å². The smallest absolute Gasteiger partial charge is 0.311 e. The lowest BCUT2D eigenvalue weighted by Gasteiger charge is -2.20. The van der Waals surface area contributed by atoms with Crippen LogP contribution in [0.2, 0.25) is 0 Å². The lowest BCUT2D eigenvalue weighted by atomic mass is 9.91. The van der Waals surface area contributed by atoms with Crippen LogP contribution in [0.3, 0.4) is 0 Å². The van der Waals surface area contributed by atoms with Gasteiger partial charge in [-0.25, -0.2) is 8.42 Å². The minimum Gasteiger partial charge on any atom is -0.744 e. The van der Waals surface area contributed by atoms with Crippen molar-refractivity contribution in [2.24, 2.45) is 5.41 Å². The molecule has 1 aromatic rings. The number of benzene rings is 1. The Bertz CT molecular complexity index is 589. The maximum Gasteiger partial charge on any atom is 0.311 e. The summed E-state index contributed by atoms with van der Waals surface area (Å²) < 4.78 is 42.8. The van der Waals surface area contributed by atoms with Crippen molar-refractivity contribution in [2.75, 3.05) is 13.2 Å². The standard InChI is InChI=1S/C15H22O6S/c1-4-15(2,3)14(16)21-11-5-10-20-12-6-8-13(9-7-12)22(17,18)19/h6-9H,4-5,10-11H2,1-3H3,(H,17,18,19)/p-1. The van der Waals surface area contributed by atoms with Crippen LogP contribution >= 0.6 is 0 Å². The van der Waals surface area contributed by atoms with E-state index < -0.39 is 15.5 Å². The van der Waals surface area contributed by atoms with Gasteiger partial charge in [-0.15, -0.1) is 0 Å². The number of hydrogen-bond donors (Lipinski definition) is 0. The van der Waals surface area contributed by atoms with Crippen molar-refractivity contribution in [1.82, 2.24) is 0 Å². The van der Waals surface area contributed by atoms with Crippen LogP contribution in [0.5, 0.6) is 5.75 Å². The zero-order valence-electron chi connectivity index (χ0n) is 13.0. The molecule has 0 aliphatic carbocycles. The van der Waals surface area contributed by atoms with Crippen LogP contribution < -0.4 is 4.74 Å². The van der Waals surface area contributed by atoms with E-state index in [2.05, 4.69) is 0 Å². The van der Waals surface area contributed by atoms with E-state index in [0.29, 0.717) is 25.2 Å². The highest BCUT2D eigenvalue weighted by Crippen LogP contribution is 2.21. The van der Waals surface area contributed by atoms with Crippen molar-refractivity contribution in [3.05, 3.63) is 24.3 Å². The maximum absolute atomic E-state index is 11.7. The largest absolute Gasteiger partial charge is 0.744 e. The summed E-state index contributed by atoms with van der Waals surface area (Å²) in [6.07, 6.45) is 1.23. The third-order valence-corrected chi connectivity index (χ3v) is 4.19. The van der Waals surface area contributed by atoms with Crippen LogP contribution in [0.15, 0.2) is 29.2 Å². The first-order chi connectivity index (χ1) is 10.2. The minimum absolute atomic E-state index is 0.236. The molecule has 0 aromatic heterocycles. The molecule has 0 aliphatic heterocycles. The number of rotatable bonds is 8. The molecule has 0 unspecified atom stereocenters. The molecule has 0 atom stereocenters. The Labute approximate surface area is 131 Å². The molecular formula is C15H21O6S-. The first kappa shape index (κ1) is 18.4. The van der Waals surface area contributed by atoms with Crippen LogP contribution in [0.4, 0.5) is 0 Å². The van der Waals surface area contributed by atoms with Crippen LogP contribution in [-0.4, -0.2) is 32.2 Å². The van der Waals surface area contributed by atoms with E-state index in [9.17, 15) is 17.8 Å². The van der Waals surface area contributed by atoms with Crippen molar-refractivity contribution in [2.45, 2.75) is 38.5 Å². The summed E-state index contributed by atoms with van der Waals surface area (Å²) in [7, 11) is -4.44. The topological polar surface area (TPSA) is 92.7 Å². The summed E-state index contributed by atoms with van der Waals surface area (Å²) >= 11 is 0. The first-order valence-electron chi connectivity index (χ1n) is 7.03. The highest BCUT2D eigenvalue weighted by Gasteiger charge is 2.26. The van der Waals surface area contributed by atoms with Gasteiger partial charge in [-0.3, -0.25) is 4.79 Å². The van der Waals surface area contributed by atoms with Gasteiger partial charge in [-0.05, 0) is 44.5 Å². The molecule has 22 heavy (non-hydrogen) atoms. The highest BCUT2D eigenvalue weighted by molar-refractivity contribution is 7.85. The van der Waals surface area contributed by atoms with Gasteiger partial charge in [0.1, 0.15) is 15.9 Å². The predicted molar refractivity (Wildman–Crippen MR) is 79.5 cm³/mol. The second kappa shape index (κ2) is 7.60. The molecule has 0 saturated carbocycles. The van der Waals surface area contributed by atoms with Crippen LogP contribution in [0, 0.1) is 5.41 Å². The monoisotopic (exact) mass is 329 g/mol. The molecule has 0 fully saturated rings. The number of hydrogen-bond acceptors (Lipinski definition) is 6. The van der Waals surface area contributed by atoms with Crippen LogP contribution in [-0.2, 0) is 19.6 Å². The van der Waals surface area contributed by atoms with Gasteiger partial charge in [0.15, 0.2) is 0 Å². The fourth-order valence-corrected chi connectivity index (χ4v) is 1.93. The number of carbonyl (C=O) groups is 1. The average molecular weight is 329 g/mol. The van der Waals surface area contributed by atoms with Gasteiger partial charge in [0.05, 0.1) is 23.5 Å². The molecule has 124 valence electrons.